The lowest BCUT2D eigenvalue weighted by molar-refractivity contribution is 0.578. The zero-order valence-electron chi connectivity index (χ0n) is 9.90. The van der Waals surface area contributed by atoms with E-state index in [4.69, 9.17) is 5.73 Å². The molecule has 1 aromatic rings. The number of anilines is 2. The Balaban J connectivity index is 2.76. The molecule has 0 bridgehead atoms. The molecule has 0 amide bonds. The summed E-state index contributed by atoms with van der Waals surface area (Å²) in [5.41, 5.74) is 6.57. The van der Waals surface area contributed by atoms with Gasteiger partial charge in [-0.3, -0.25) is 4.72 Å². The number of rotatable bonds is 5. The highest BCUT2D eigenvalue weighted by molar-refractivity contribution is 9.10. The van der Waals surface area contributed by atoms with Gasteiger partial charge >= 0.3 is 0 Å². The maximum atomic E-state index is 11.8. The molecule has 6 heteroatoms. The molecule has 96 valence electrons. The predicted molar refractivity (Wildman–Crippen MR) is 75.4 cm³/mol. The number of benzene rings is 1. The van der Waals surface area contributed by atoms with E-state index in [-0.39, 0.29) is 5.75 Å². The quantitative estimate of drug-likeness (QED) is 0.819. The summed E-state index contributed by atoms with van der Waals surface area (Å²) in [4.78, 5) is 0. The first-order valence-corrected chi connectivity index (χ1v) is 7.80. The Morgan fingerprint density at radius 1 is 1.41 bits per heavy atom. The van der Waals surface area contributed by atoms with Gasteiger partial charge in [0.05, 0.1) is 17.1 Å². The lowest BCUT2D eigenvalue weighted by Gasteiger charge is -2.11. The van der Waals surface area contributed by atoms with Crippen molar-refractivity contribution in [2.45, 2.75) is 20.3 Å². The number of nitrogens with one attached hydrogen (secondary N) is 1. The van der Waals surface area contributed by atoms with Gasteiger partial charge < -0.3 is 5.73 Å². The SMILES string of the molecule is CC(C)CCS(=O)(=O)Nc1ccc(Br)cc1N. The molecule has 3 N–H and O–H groups in total. The van der Waals surface area contributed by atoms with E-state index < -0.39 is 10.0 Å². The Hall–Kier alpha value is -0.750. The van der Waals surface area contributed by atoms with Crippen molar-refractivity contribution in [3.8, 4) is 0 Å². The first-order chi connectivity index (χ1) is 7.80. The minimum atomic E-state index is -3.31. The summed E-state index contributed by atoms with van der Waals surface area (Å²) in [6, 6.07) is 5.06. The van der Waals surface area contributed by atoms with E-state index >= 15 is 0 Å². The normalized spacial score (nSPS) is 11.8. The Morgan fingerprint density at radius 2 is 2.06 bits per heavy atom. The molecule has 4 nitrogen and oxygen atoms in total. The lowest BCUT2D eigenvalue weighted by atomic mass is 10.2. The van der Waals surface area contributed by atoms with Crippen LogP contribution in [0.25, 0.3) is 0 Å². The Kier molecular flexibility index (Phi) is 4.82. The molecular formula is C11H17BrN2O2S. The highest BCUT2D eigenvalue weighted by atomic mass is 79.9. The van der Waals surface area contributed by atoms with Crippen LogP contribution in [0.5, 0.6) is 0 Å². The fraction of sp³-hybridized carbons (Fsp3) is 0.455. The number of sulfonamides is 1. The van der Waals surface area contributed by atoms with Gasteiger partial charge in [-0.15, -0.1) is 0 Å². The minimum absolute atomic E-state index is 0.111. The van der Waals surface area contributed by atoms with Crippen molar-refractivity contribution in [3.63, 3.8) is 0 Å². The Bertz CT molecular complexity index is 486. The number of halogens is 1. The minimum Gasteiger partial charge on any atom is -0.397 e. The Morgan fingerprint density at radius 3 is 2.59 bits per heavy atom. The summed E-state index contributed by atoms with van der Waals surface area (Å²) >= 11 is 3.27. The molecule has 0 unspecified atom stereocenters. The topological polar surface area (TPSA) is 72.2 Å². The van der Waals surface area contributed by atoms with Gasteiger partial charge in [-0.05, 0) is 30.5 Å². The maximum Gasteiger partial charge on any atom is 0.232 e. The van der Waals surface area contributed by atoms with Crippen LogP contribution in [0, 0.1) is 5.92 Å². The molecule has 0 atom stereocenters. The van der Waals surface area contributed by atoms with E-state index in [1.165, 1.54) is 0 Å². The number of hydrogen-bond donors (Lipinski definition) is 2. The molecule has 0 spiro atoms. The van der Waals surface area contributed by atoms with E-state index in [1.54, 1.807) is 18.2 Å². The zero-order valence-corrected chi connectivity index (χ0v) is 12.3. The molecular weight excluding hydrogens is 304 g/mol. The first-order valence-electron chi connectivity index (χ1n) is 5.35. The van der Waals surface area contributed by atoms with Crippen LogP contribution in [0.3, 0.4) is 0 Å². The molecule has 0 aliphatic rings. The van der Waals surface area contributed by atoms with E-state index in [1.807, 2.05) is 13.8 Å². The molecule has 0 aliphatic carbocycles. The van der Waals surface area contributed by atoms with Gasteiger partial charge in [0.15, 0.2) is 0 Å². The average molecular weight is 321 g/mol. The van der Waals surface area contributed by atoms with Crippen molar-refractivity contribution < 1.29 is 8.42 Å². The number of nitrogen functional groups attached to an aromatic ring is 1. The van der Waals surface area contributed by atoms with Crippen molar-refractivity contribution in [1.29, 1.82) is 0 Å². The summed E-state index contributed by atoms with van der Waals surface area (Å²) in [5, 5.41) is 0. The second-order valence-electron chi connectivity index (χ2n) is 4.34. The maximum absolute atomic E-state index is 11.8. The first kappa shape index (κ1) is 14.3. The van der Waals surface area contributed by atoms with Crippen LogP contribution in [0.1, 0.15) is 20.3 Å². The average Bonchev–Trinajstić information content (AvgIpc) is 2.20. The van der Waals surface area contributed by atoms with Crippen molar-refractivity contribution >= 4 is 37.3 Å². The van der Waals surface area contributed by atoms with E-state index in [0.717, 1.165) is 4.47 Å². The third kappa shape index (κ3) is 4.95. The fourth-order valence-electron chi connectivity index (χ4n) is 1.24. The summed E-state index contributed by atoms with van der Waals surface area (Å²) in [6.07, 6.45) is 0.631. The standard InChI is InChI=1S/C11H17BrN2O2S/c1-8(2)5-6-17(15,16)14-11-4-3-9(12)7-10(11)13/h3-4,7-8,14H,5-6,13H2,1-2H3. The molecule has 0 radical (unpaired) electrons. The van der Waals surface area contributed by atoms with Gasteiger partial charge in [-0.2, -0.15) is 0 Å². The second kappa shape index (κ2) is 5.73. The van der Waals surface area contributed by atoms with Crippen LogP contribution >= 0.6 is 15.9 Å². The highest BCUT2D eigenvalue weighted by Crippen LogP contribution is 2.24. The van der Waals surface area contributed by atoms with Crippen molar-refractivity contribution in [3.05, 3.63) is 22.7 Å². The van der Waals surface area contributed by atoms with Gasteiger partial charge in [-0.1, -0.05) is 29.8 Å². The van der Waals surface area contributed by atoms with E-state index in [0.29, 0.717) is 23.7 Å². The number of nitrogens with two attached hydrogens (primary N) is 1. The van der Waals surface area contributed by atoms with Crippen LogP contribution in [-0.4, -0.2) is 14.2 Å². The molecule has 17 heavy (non-hydrogen) atoms. The summed E-state index contributed by atoms with van der Waals surface area (Å²) < 4.78 is 26.8. The third-order valence-electron chi connectivity index (χ3n) is 2.24. The van der Waals surface area contributed by atoms with Crippen LogP contribution in [0.4, 0.5) is 11.4 Å². The molecule has 0 aromatic heterocycles. The van der Waals surface area contributed by atoms with Crippen LogP contribution in [0.15, 0.2) is 22.7 Å². The van der Waals surface area contributed by atoms with Gasteiger partial charge in [0.25, 0.3) is 0 Å². The fourth-order valence-corrected chi connectivity index (χ4v) is 3.02. The van der Waals surface area contributed by atoms with Crippen LogP contribution in [0.2, 0.25) is 0 Å². The van der Waals surface area contributed by atoms with Gasteiger partial charge in [-0.25, -0.2) is 8.42 Å². The van der Waals surface area contributed by atoms with Gasteiger partial charge in [0.1, 0.15) is 0 Å². The largest absolute Gasteiger partial charge is 0.397 e. The van der Waals surface area contributed by atoms with Gasteiger partial charge in [0, 0.05) is 4.47 Å². The Labute approximate surface area is 111 Å². The molecule has 1 aromatic carbocycles. The third-order valence-corrected chi connectivity index (χ3v) is 4.04. The zero-order chi connectivity index (χ0) is 13.1. The molecule has 0 fully saturated rings. The lowest BCUT2D eigenvalue weighted by Crippen LogP contribution is -2.18. The molecule has 0 saturated heterocycles. The molecule has 0 aliphatic heterocycles. The predicted octanol–water partition coefficient (Wildman–Crippen LogP) is 2.82. The van der Waals surface area contributed by atoms with Crippen LogP contribution < -0.4 is 10.5 Å². The number of hydrogen-bond acceptors (Lipinski definition) is 3. The molecule has 1 rings (SSSR count). The monoisotopic (exact) mass is 320 g/mol. The highest BCUT2D eigenvalue weighted by Gasteiger charge is 2.12. The van der Waals surface area contributed by atoms with Crippen molar-refractivity contribution in [2.75, 3.05) is 16.2 Å². The summed E-state index contributed by atoms with van der Waals surface area (Å²) in [7, 11) is -3.31. The van der Waals surface area contributed by atoms with Gasteiger partial charge in [0.2, 0.25) is 10.0 Å². The van der Waals surface area contributed by atoms with Crippen LogP contribution in [-0.2, 0) is 10.0 Å². The summed E-state index contributed by atoms with van der Waals surface area (Å²) in [6.45, 7) is 3.98. The second-order valence-corrected chi connectivity index (χ2v) is 7.09. The molecule has 0 saturated carbocycles. The van der Waals surface area contributed by atoms with E-state index in [2.05, 4.69) is 20.7 Å². The van der Waals surface area contributed by atoms with E-state index in [9.17, 15) is 8.42 Å². The summed E-state index contributed by atoms with van der Waals surface area (Å²) in [5.74, 6) is 0.467. The van der Waals surface area contributed by atoms with Crippen molar-refractivity contribution in [1.82, 2.24) is 0 Å². The smallest absolute Gasteiger partial charge is 0.232 e. The molecule has 0 heterocycles. The van der Waals surface area contributed by atoms with Crippen molar-refractivity contribution in [2.24, 2.45) is 5.92 Å².